The van der Waals surface area contributed by atoms with E-state index in [0.29, 0.717) is 29.3 Å². The van der Waals surface area contributed by atoms with E-state index in [1.807, 2.05) is 0 Å². The summed E-state index contributed by atoms with van der Waals surface area (Å²) < 4.78 is 6.69. The maximum absolute atomic E-state index is 13.5. The van der Waals surface area contributed by atoms with Gasteiger partial charge in [0.25, 0.3) is 0 Å². The van der Waals surface area contributed by atoms with E-state index < -0.39 is 0 Å². The van der Waals surface area contributed by atoms with Crippen molar-refractivity contribution in [3.8, 4) is 0 Å². The van der Waals surface area contributed by atoms with Gasteiger partial charge in [-0.05, 0) is 98.7 Å². The average Bonchev–Trinajstić information content (AvgIpc) is 3.38. The molecule has 0 spiro atoms. The number of carbonyl (C=O) groups is 2. The Kier molecular flexibility index (Phi) is 5.98. The number of ether oxygens (including phenoxy) is 1. The highest BCUT2D eigenvalue weighted by molar-refractivity contribution is 5.89. The van der Waals surface area contributed by atoms with Gasteiger partial charge in [-0.1, -0.05) is 27.2 Å². The molecule has 5 heteroatoms. The number of rotatable bonds is 5. The smallest absolute Gasteiger partial charge is 0.341 e. The maximum Gasteiger partial charge on any atom is 0.341 e. The molecule has 0 aromatic carbocycles. The van der Waals surface area contributed by atoms with E-state index in [1.54, 1.807) is 17.8 Å². The predicted octanol–water partition coefficient (Wildman–Crippen LogP) is 5.92. The standard InChI is InChI=1S/C28H42N2O3/c1-5-33-26(32)19-15-29-30(16-19)17-25(31)24-9-8-22-21-7-6-20-14-18(2)10-12-27(20,3)23(21)11-13-28(22,24)4/h15-16,18,20-24H,5-14,17H2,1-4H3. The summed E-state index contributed by atoms with van der Waals surface area (Å²) in [6, 6.07) is 0. The third kappa shape index (κ3) is 3.78. The van der Waals surface area contributed by atoms with Gasteiger partial charge in [-0.3, -0.25) is 9.48 Å². The van der Waals surface area contributed by atoms with E-state index in [9.17, 15) is 9.59 Å². The first-order chi connectivity index (χ1) is 15.8. The lowest BCUT2D eigenvalue weighted by atomic mass is 9.44. The number of hydrogen-bond acceptors (Lipinski definition) is 4. The van der Waals surface area contributed by atoms with Crippen molar-refractivity contribution >= 4 is 11.8 Å². The number of fused-ring (bicyclic) bond motifs is 5. The lowest BCUT2D eigenvalue weighted by Crippen LogP contribution is -2.53. The molecule has 33 heavy (non-hydrogen) atoms. The van der Waals surface area contributed by atoms with Crippen molar-refractivity contribution in [1.82, 2.24) is 9.78 Å². The molecule has 1 heterocycles. The van der Waals surface area contributed by atoms with Gasteiger partial charge in [-0.15, -0.1) is 0 Å². The van der Waals surface area contributed by atoms with Crippen molar-refractivity contribution in [3.05, 3.63) is 18.0 Å². The Morgan fingerprint density at radius 3 is 2.61 bits per heavy atom. The second-order valence-corrected chi connectivity index (χ2v) is 12.3. The van der Waals surface area contributed by atoms with E-state index in [4.69, 9.17) is 4.74 Å². The highest BCUT2D eigenvalue weighted by Crippen LogP contribution is 2.67. The monoisotopic (exact) mass is 454 g/mol. The van der Waals surface area contributed by atoms with Gasteiger partial charge >= 0.3 is 5.97 Å². The third-order valence-corrected chi connectivity index (χ3v) is 10.8. The molecule has 5 rings (SSSR count). The number of aromatic nitrogens is 2. The Labute approximate surface area is 199 Å². The fraction of sp³-hybridized carbons (Fsp3) is 0.821. The third-order valence-electron chi connectivity index (χ3n) is 10.8. The van der Waals surface area contributed by atoms with Crippen molar-refractivity contribution in [1.29, 1.82) is 0 Å². The van der Waals surface area contributed by atoms with E-state index in [-0.39, 0.29) is 23.8 Å². The van der Waals surface area contributed by atoms with Gasteiger partial charge in [0, 0.05) is 12.1 Å². The zero-order valence-corrected chi connectivity index (χ0v) is 21.0. The molecule has 1 aromatic heterocycles. The molecule has 4 aliphatic rings. The normalized spacial score (nSPS) is 42.2. The number of hydrogen-bond donors (Lipinski definition) is 0. The molecule has 0 amide bonds. The lowest BCUT2D eigenvalue weighted by Gasteiger charge is -2.61. The number of carbonyl (C=O) groups excluding carboxylic acids is 2. The number of esters is 1. The SMILES string of the molecule is CCOC(=O)c1cnn(CC(=O)C2CCC3C4CCC5CC(C)CCC5(C)C4CCC23C)c1. The summed E-state index contributed by atoms with van der Waals surface area (Å²) in [6.45, 7) is 9.89. The van der Waals surface area contributed by atoms with E-state index in [1.165, 1.54) is 57.6 Å². The molecule has 0 saturated heterocycles. The topological polar surface area (TPSA) is 61.2 Å². The predicted molar refractivity (Wildman–Crippen MR) is 128 cm³/mol. The van der Waals surface area contributed by atoms with Crippen molar-refractivity contribution in [2.24, 2.45) is 46.3 Å². The van der Waals surface area contributed by atoms with E-state index >= 15 is 0 Å². The Morgan fingerprint density at radius 2 is 1.82 bits per heavy atom. The molecular weight excluding hydrogens is 412 g/mol. The molecule has 8 unspecified atom stereocenters. The zero-order valence-electron chi connectivity index (χ0n) is 21.0. The maximum atomic E-state index is 13.5. The molecule has 5 nitrogen and oxygen atoms in total. The Hall–Kier alpha value is -1.65. The molecule has 0 N–H and O–H groups in total. The van der Waals surface area contributed by atoms with Crippen molar-refractivity contribution < 1.29 is 14.3 Å². The molecule has 0 aliphatic heterocycles. The van der Waals surface area contributed by atoms with Crippen LogP contribution < -0.4 is 0 Å². The summed E-state index contributed by atoms with van der Waals surface area (Å²) in [7, 11) is 0. The summed E-state index contributed by atoms with van der Waals surface area (Å²) in [6.07, 6.45) is 14.9. The Morgan fingerprint density at radius 1 is 1.06 bits per heavy atom. The fourth-order valence-electron chi connectivity index (χ4n) is 9.04. The van der Waals surface area contributed by atoms with Crippen LogP contribution in [0, 0.1) is 46.3 Å². The quantitative estimate of drug-likeness (QED) is 0.518. The summed E-state index contributed by atoms with van der Waals surface area (Å²) >= 11 is 0. The van der Waals surface area contributed by atoms with Crippen LogP contribution in [-0.4, -0.2) is 28.1 Å². The molecule has 0 bridgehead atoms. The van der Waals surface area contributed by atoms with Crippen LogP contribution in [0.25, 0.3) is 0 Å². The van der Waals surface area contributed by atoms with Crippen LogP contribution in [-0.2, 0) is 16.1 Å². The first-order valence-electron chi connectivity index (χ1n) is 13.5. The van der Waals surface area contributed by atoms with Gasteiger partial charge in [0.05, 0.1) is 24.9 Å². The largest absolute Gasteiger partial charge is 0.462 e. The minimum Gasteiger partial charge on any atom is -0.462 e. The first-order valence-corrected chi connectivity index (χ1v) is 13.5. The summed E-state index contributed by atoms with van der Waals surface area (Å²) in [5, 5.41) is 4.28. The molecule has 4 saturated carbocycles. The number of Topliss-reactive ketones (excluding diaryl/α,β-unsaturated/α-hetero) is 1. The van der Waals surface area contributed by atoms with Crippen molar-refractivity contribution in [2.45, 2.75) is 92.0 Å². The van der Waals surface area contributed by atoms with Crippen LogP contribution in [0.15, 0.2) is 12.4 Å². The van der Waals surface area contributed by atoms with Crippen LogP contribution in [0.4, 0.5) is 0 Å². The van der Waals surface area contributed by atoms with Crippen molar-refractivity contribution in [3.63, 3.8) is 0 Å². The second kappa shape index (κ2) is 8.53. The first kappa shape index (κ1) is 23.1. The van der Waals surface area contributed by atoms with Gasteiger partial charge in [0.2, 0.25) is 0 Å². The lowest BCUT2D eigenvalue weighted by molar-refractivity contribution is -0.137. The van der Waals surface area contributed by atoms with Gasteiger partial charge in [-0.2, -0.15) is 5.10 Å². The van der Waals surface area contributed by atoms with Gasteiger partial charge in [-0.25, -0.2) is 4.79 Å². The van der Waals surface area contributed by atoms with E-state index in [2.05, 4.69) is 25.9 Å². The van der Waals surface area contributed by atoms with Gasteiger partial charge in [0.15, 0.2) is 5.78 Å². The van der Waals surface area contributed by atoms with Crippen LogP contribution in [0.1, 0.15) is 95.8 Å². The Bertz CT molecular complexity index is 909. The average molecular weight is 455 g/mol. The molecule has 1 aromatic rings. The summed E-state index contributed by atoms with van der Waals surface area (Å²) in [5.74, 6) is 4.20. The van der Waals surface area contributed by atoms with Crippen LogP contribution >= 0.6 is 0 Å². The number of nitrogens with zero attached hydrogens (tertiary/aromatic N) is 2. The second-order valence-electron chi connectivity index (χ2n) is 12.3. The minimum absolute atomic E-state index is 0.121. The molecule has 0 radical (unpaired) electrons. The molecule has 8 atom stereocenters. The Balaban J connectivity index is 1.29. The van der Waals surface area contributed by atoms with Crippen LogP contribution in [0.5, 0.6) is 0 Å². The number of ketones is 1. The zero-order chi connectivity index (χ0) is 23.4. The molecule has 182 valence electrons. The summed E-state index contributed by atoms with van der Waals surface area (Å²) in [4.78, 5) is 25.4. The molecule has 4 aliphatic carbocycles. The fourth-order valence-corrected chi connectivity index (χ4v) is 9.04. The molecular formula is C28H42N2O3. The van der Waals surface area contributed by atoms with Crippen LogP contribution in [0.2, 0.25) is 0 Å². The van der Waals surface area contributed by atoms with Crippen molar-refractivity contribution in [2.75, 3.05) is 6.61 Å². The highest BCUT2D eigenvalue weighted by atomic mass is 16.5. The minimum atomic E-state index is -0.372. The van der Waals surface area contributed by atoms with Gasteiger partial charge in [0.1, 0.15) is 0 Å². The molecule has 4 fully saturated rings. The highest BCUT2D eigenvalue weighted by Gasteiger charge is 2.60. The van der Waals surface area contributed by atoms with E-state index in [0.717, 1.165) is 30.1 Å². The van der Waals surface area contributed by atoms with Gasteiger partial charge < -0.3 is 4.74 Å². The van der Waals surface area contributed by atoms with Crippen LogP contribution in [0.3, 0.4) is 0 Å². The summed E-state index contributed by atoms with van der Waals surface area (Å²) in [5.41, 5.74) is 1.07.